The number of hydrogen-bond donors (Lipinski definition) is 2. The molecule has 0 amide bonds. The lowest BCUT2D eigenvalue weighted by atomic mass is 9.71. The average Bonchev–Trinajstić information content (AvgIpc) is 3.13. The number of benzene rings is 4. The fraction of sp³-hybridized carbons (Fsp3) is 0.302. The van der Waals surface area contributed by atoms with Crippen molar-refractivity contribution >= 4 is 35.4 Å². The van der Waals surface area contributed by atoms with Crippen LogP contribution in [0.4, 0.5) is 26.3 Å². The number of halogens is 6. The summed E-state index contributed by atoms with van der Waals surface area (Å²) in [5.74, 6) is -9.10. The maximum atomic E-state index is 15.1. The third kappa shape index (κ3) is 8.34. The van der Waals surface area contributed by atoms with Crippen LogP contribution in [0.3, 0.4) is 0 Å². The van der Waals surface area contributed by atoms with Crippen LogP contribution < -0.4 is 0 Å². The first-order valence-electron chi connectivity index (χ1n) is 17.9. The summed E-state index contributed by atoms with van der Waals surface area (Å²) in [4.78, 5) is 77.3. The van der Waals surface area contributed by atoms with Gasteiger partial charge in [-0.15, -0.1) is 0 Å². The number of rotatable bonds is 13. The standard InChI is InChI=1S/C43H36F6O10/c1-5-33(50)31-19-27(14-16-29(31)35(52)53)41(42(44,45)46,43(47,48)49)28-15-17-30(36(54)55)32(20-28)34(51)18-24-10-12-26(13-11-24)22-40(21-25-8-6-23(2)7-9-25)37(56)58-39(3,4)59-38(40)57/h6-17,19-20H,5,18,21-22H2,1-4H3,(H,52,53)(H,54,55). The van der Waals surface area contributed by atoms with Gasteiger partial charge < -0.3 is 19.7 Å². The van der Waals surface area contributed by atoms with E-state index in [0.717, 1.165) is 5.56 Å². The Bertz CT molecular complexity index is 2310. The van der Waals surface area contributed by atoms with Gasteiger partial charge in [-0.05, 0) is 71.8 Å². The maximum absolute atomic E-state index is 15.1. The number of carboxylic acids is 2. The van der Waals surface area contributed by atoms with Crippen LogP contribution in [0, 0.1) is 12.3 Å². The van der Waals surface area contributed by atoms with Crippen molar-refractivity contribution < 1.29 is 74.8 Å². The predicted molar refractivity (Wildman–Crippen MR) is 196 cm³/mol. The van der Waals surface area contributed by atoms with E-state index in [0.29, 0.717) is 23.3 Å². The van der Waals surface area contributed by atoms with Crippen molar-refractivity contribution in [2.45, 2.75) is 76.9 Å². The smallest absolute Gasteiger partial charge is 0.411 e. The van der Waals surface area contributed by atoms with Crippen LogP contribution in [-0.4, -0.2) is 63.8 Å². The van der Waals surface area contributed by atoms with Crippen molar-refractivity contribution in [3.63, 3.8) is 0 Å². The number of hydrogen-bond acceptors (Lipinski definition) is 8. The molecule has 10 nitrogen and oxygen atoms in total. The zero-order chi connectivity index (χ0) is 43.9. The van der Waals surface area contributed by atoms with Crippen LogP contribution in [0.1, 0.15) is 102 Å². The minimum atomic E-state index is -6.24. The Hall–Kier alpha value is -6.32. The molecule has 0 aliphatic carbocycles. The molecule has 59 heavy (non-hydrogen) atoms. The molecule has 16 heteroatoms. The van der Waals surface area contributed by atoms with Gasteiger partial charge in [0.15, 0.2) is 17.0 Å². The van der Waals surface area contributed by atoms with Crippen LogP contribution in [-0.2, 0) is 43.7 Å². The second-order valence-electron chi connectivity index (χ2n) is 14.7. The van der Waals surface area contributed by atoms with E-state index >= 15 is 26.3 Å². The zero-order valence-corrected chi connectivity index (χ0v) is 31.8. The molecular formula is C43H36F6O10. The Kier molecular flexibility index (Phi) is 11.7. The Labute approximate surface area is 332 Å². The van der Waals surface area contributed by atoms with Crippen LogP contribution in [0.25, 0.3) is 0 Å². The fourth-order valence-electron chi connectivity index (χ4n) is 7.12. The molecule has 1 aliphatic heterocycles. The summed E-state index contributed by atoms with van der Waals surface area (Å²) in [6.07, 6.45) is -14.0. The van der Waals surface area contributed by atoms with E-state index in [1.54, 1.807) is 24.3 Å². The summed E-state index contributed by atoms with van der Waals surface area (Å²) in [5.41, 5.74) is -11.6. The molecule has 1 saturated heterocycles. The summed E-state index contributed by atoms with van der Waals surface area (Å²) >= 11 is 0. The molecule has 0 unspecified atom stereocenters. The molecule has 0 saturated carbocycles. The van der Waals surface area contributed by atoms with E-state index in [9.17, 15) is 39.0 Å². The van der Waals surface area contributed by atoms with Crippen LogP contribution in [0.15, 0.2) is 84.9 Å². The molecule has 1 fully saturated rings. The number of ether oxygens (including phenoxy) is 2. The third-order valence-electron chi connectivity index (χ3n) is 10.1. The molecule has 4 aromatic rings. The molecule has 0 radical (unpaired) electrons. The fourth-order valence-corrected chi connectivity index (χ4v) is 7.12. The second-order valence-corrected chi connectivity index (χ2v) is 14.7. The Morgan fingerprint density at radius 3 is 1.37 bits per heavy atom. The van der Waals surface area contributed by atoms with Gasteiger partial charge in [0, 0.05) is 37.8 Å². The molecule has 0 atom stereocenters. The number of Topliss-reactive ketones (excluding diaryl/α,β-unsaturated/α-hetero) is 2. The second kappa shape index (κ2) is 15.8. The molecule has 4 aromatic carbocycles. The summed E-state index contributed by atoms with van der Waals surface area (Å²) in [6, 6.07) is 14.4. The number of esters is 2. The van der Waals surface area contributed by atoms with Crippen molar-refractivity contribution in [1.82, 2.24) is 0 Å². The van der Waals surface area contributed by atoms with Gasteiger partial charge in [-0.25, -0.2) is 9.59 Å². The highest BCUT2D eigenvalue weighted by atomic mass is 19.4. The van der Waals surface area contributed by atoms with Gasteiger partial charge in [0.2, 0.25) is 5.41 Å². The van der Waals surface area contributed by atoms with Gasteiger partial charge in [0.05, 0.1) is 11.1 Å². The van der Waals surface area contributed by atoms with Crippen LogP contribution in [0.5, 0.6) is 0 Å². The Balaban J connectivity index is 1.55. The SMILES string of the molecule is CCC(=O)c1cc(C(c2ccc(C(=O)O)c(C(=O)Cc3ccc(CC4(Cc5ccc(C)cc5)C(=O)OC(C)(C)OC4=O)cc3)c2)(C(F)(F)F)C(F)(F)F)ccc1C(=O)O. The van der Waals surface area contributed by atoms with E-state index in [-0.39, 0.29) is 42.7 Å². The number of alkyl halides is 6. The predicted octanol–water partition coefficient (Wildman–Crippen LogP) is 8.43. The molecule has 310 valence electrons. The van der Waals surface area contributed by atoms with E-state index in [4.69, 9.17) is 9.47 Å². The molecule has 5 rings (SSSR count). The van der Waals surface area contributed by atoms with Gasteiger partial charge in [-0.1, -0.05) is 73.2 Å². The lowest BCUT2D eigenvalue weighted by molar-refractivity contribution is -0.288. The minimum Gasteiger partial charge on any atom is -0.478 e. The van der Waals surface area contributed by atoms with Gasteiger partial charge in [-0.3, -0.25) is 19.2 Å². The van der Waals surface area contributed by atoms with Gasteiger partial charge in [0.25, 0.3) is 5.79 Å². The average molecular weight is 827 g/mol. The van der Waals surface area contributed by atoms with Crippen molar-refractivity contribution in [3.05, 3.63) is 141 Å². The number of carboxylic acid groups (broad SMARTS) is 2. The summed E-state index contributed by atoms with van der Waals surface area (Å²) in [6.45, 7) is 5.87. The number of ketones is 2. The molecule has 1 aliphatic rings. The summed E-state index contributed by atoms with van der Waals surface area (Å²) in [5, 5.41) is 19.4. The van der Waals surface area contributed by atoms with Crippen molar-refractivity contribution in [1.29, 1.82) is 0 Å². The summed E-state index contributed by atoms with van der Waals surface area (Å²) in [7, 11) is 0. The van der Waals surface area contributed by atoms with Gasteiger partial charge in [0.1, 0.15) is 0 Å². The minimum absolute atomic E-state index is 0.104. The zero-order valence-electron chi connectivity index (χ0n) is 31.8. The van der Waals surface area contributed by atoms with Crippen molar-refractivity contribution in [3.8, 4) is 0 Å². The number of aromatic carboxylic acids is 2. The van der Waals surface area contributed by atoms with Crippen molar-refractivity contribution in [2.75, 3.05) is 0 Å². The molecular weight excluding hydrogens is 790 g/mol. The highest BCUT2D eigenvalue weighted by molar-refractivity contribution is 6.07. The normalized spacial score (nSPS) is 15.2. The number of carbonyl (C=O) groups is 6. The first kappa shape index (κ1) is 43.8. The molecule has 1 heterocycles. The quantitative estimate of drug-likeness (QED) is 0.0580. The van der Waals surface area contributed by atoms with Crippen LogP contribution in [0.2, 0.25) is 0 Å². The molecule has 0 bridgehead atoms. The monoisotopic (exact) mass is 826 g/mol. The first-order valence-corrected chi connectivity index (χ1v) is 17.9. The third-order valence-corrected chi connectivity index (χ3v) is 10.1. The van der Waals surface area contributed by atoms with E-state index in [1.807, 2.05) is 6.92 Å². The Morgan fingerprint density at radius 2 is 0.983 bits per heavy atom. The lowest BCUT2D eigenvalue weighted by Gasteiger charge is -2.40. The highest BCUT2D eigenvalue weighted by Crippen LogP contribution is 2.56. The lowest BCUT2D eigenvalue weighted by Crippen LogP contribution is -2.56. The maximum Gasteiger partial charge on any atom is 0.411 e. The number of cyclic esters (lactones) is 2. The molecule has 0 spiro atoms. The number of aryl methyl sites for hydroxylation is 1. The largest absolute Gasteiger partial charge is 0.478 e. The molecule has 2 N–H and O–H groups in total. The van der Waals surface area contributed by atoms with Gasteiger partial charge >= 0.3 is 36.2 Å². The number of carbonyl (C=O) groups excluding carboxylic acids is 4. The summed E-state index contributed by atoms with van der Waals surface area (Å²) < 4.78 is 102. The molecule has 0 aromatic heterocycles. The van der Waals surface area contributed by atoms with E-state index in [2.05, 4.69) is 0 Å². The van der Waals surface area contributed by atoms with Crippen LogP contribution >= 0.6 is 0 Å². The van der Waals surface area contributed by atoms with Gasteiger partial charge in [-0.2, -0.15) is 26.3 Å². The topological polar surface area (TPSA) is 161 Å². The van der Waals surface area contributed by atoms with Crippen molar-refractivity contribution in [2.24, 2.45) is 5.41 Å². The van der Waals surface area contributed by atoms with E-state index < -0.39 is 111 Å². The first-order chi connectivity index (χ1) is 27.4. The van der Waals surface area contributed by atoms with E-state index in [1.165, 1.54) is 45.0 Å². The highest BCUT2D eigenvalue weighted by Gasteiger charge is 2.72. The Morgan fingerprint density at radius 1 is 0.593 bits per heavy atom.